The van der Waals surface area contributed by atoms with Crippen LogP contribution in [0.15, 0.2) is 0 Å². The van der Waals surface area contributed by atoms with E-state index in [1.807, 2.05) is 0 Å². The van der Waals surface area contributed by atoms with Crippen LogP contribution in [0.5, 0.6) is 0 Å². The van der Waals surface area contributed by atoms with Crippen LogP contribution < -0.4 is 0 Å². The first-order valence-electron chi connectivity index (χ1n) is 0. The summed E-state index contributed by atoms with van der Waals surface area (Å²) < 4.78 is 0. The van der Waals surface area contributed by atoms with E-state index < -0.39 is 0 Å². The molecule has 0 aliphatic rings. The van der Waals surface area contributed by atoms with Crippen LogP contribution in [0.25, 0.3) is 0 Å². The fraction of sp³-hybridized carbons (Fsp3) is 0. The molecule has 6 heteroatoms. The van der Waals surface area contributed by atoms with E-state index in [1.165, 1.54) is 0 Å². The molecule has 0 unspecified atom stereocenters. The van der Waals surface area contributed by atoms with Gasteiger partial charge in [0.15, 0.2) is 0 Å². The van der Waals surface area contributed by atoms with Gasteiger partial charge in [-0.05, 0) is 0 Å². The SMILES string of the molecule is [Ce].[Eu].[La].[Nd].[Pr].[Yb]. The first-order chi connectivity index (χ1) is 0. The van der Waals surface area contributed by atoms with Gasteiger partial charge in [0.05, 0.1) is 0 Å². The van der Waals surface area contributed by atoms with Crippen molar-refractivity contribution in [2.24, 2.45) is 0 Å². The fourth-order valence-electron chi connectivity index (χ4n) is 0. The first kappa shape index (κ1) is 36.7. The predicted octanol–water partition coefficient (Wildman–Crippen LogP) is 0. The van der Waals surface area contributed by atoms with Crippen LogP contribution in [0.3, 0.4) is 0 Å². The molecule has 0 heterocycles. The van der Waals surface area contributed by atoms with Crippen molar-refractivity contribution in [2.45, 2.75) is 0 Å². The summed E-state index contributed by atoms with van der Waals surface area (Å²) in [6.07, 6.45) is 0. The Morgan fingerprint density at radius 1 is 1.00 bits per heavy atom. The summed E-state index contributed by atoms with van der Waals surface area (Å²) in [6, 6.07) is 0. The Morgan fingerprint density at radius 3 is 1.00 bits per heavy atom. The Balaban J connectivity index is 0. The molecule has 0 rings (SSSR count). The minimum absolute atomic E-state index is 0. The van der Waals surface area contributed by atoms with Gasteiger partial charge in [0.2, 0.25) is 0 Å². The van der Waals surface area contributed by atoms with Gasteiger partial charge in [-0.1, -0.05) is 0 Å². The first-order valence-corrected chi connectivity index (χ1v) is 0. The van der Waals surface area contributed by atoms with Crippen LogP contribution in [-0.4, -0.2) is 0 Å². The minimum atomic E-state index is 0. The molecule has 0 fully saturated rings. The van der Waals surface area contributed by atoms with E-state index >= 15 is 0 Å². The van der Waals surface area contributed by atoms with E-state index in [9.17, 15) is 0 Å². The maximum absolute atomic E-state index is 0. The molecule has 0 aromatic heterocycles. The smallest absolute Gasteiger partial charge is 0 e. The molecule has 0 nitrogen and oxygen atoms in total. The molecule has 0 amide bonds. The van der Waals surface area contributed by atoms with E-state index in [4.69, 9.17) is 0 Å². The third kappa shape index (κ3) is 22.8. The Kier molecular flexibility index (Phi) is 178. The van der Waals surface area contributed by atoms with Gasteiger partial charge in [-0.15, -0.1) is 0 Å². The molecule has 0 spiro atoms. The zero-order chi connectivity index (χ0) is 0. The summed E-state index contributed by atoms with van der Waals surface area (Å²) in [6.45, 7) is 0. The van der Waals surface area contributed by atoms with E-state index in [0.29, 0.717) is 0 Å². The zero-order valence-electron chi connectivity index (χ0n) is 2.80. The summed E-state index contributed by atoms with van der Waals surface area (Å²) in [4.78, 5) is 0. The maximum atomic E-state index is 0. The Labute approximate surface area is 246 Å². The normalized spacial score (nSPS) is 0. The summed E-state index contributed by atoms with van der Waals surface area (Å²) in [7, 11) is 0. The van der Waals surface area contributed by atoms with E-state index in [1.54, 1.807) is 0 Å². The molecular weight excluding hydrogens is 889 g/mol. The molecule has 6 heavy (non-hydrogen) atoms. The second kappa shape index (κ2) is 29.2. The Hall–Kier alpha value is 8.39. The third-order valence-electron chi connectivity index (χ3n) is 0. The minimum Gasteiger partial charge on any atom is 0 e. The van der Waals surface area contributed by atoms with Gasteiger partial charge >= 0.3 is 0 Å². The molecule has 0 saturated carbocycles. The summed E-state index contributed by atoms with van der Waals surface area (Å²) in [5.74, 6) is 0. The summed E-state index contributed by atoms with van der Waals surface area (Å²) in [5.41, 5.74) is 0. The van der Waals surface area contributed by atoms with Gasteiger partial charge in [0, 0.05) is 256 Å². The van der Waals surface area contributed by atoms with Crippen molar-refractivity contribution in [3.05, 3.63) is 0 Å². The molecular formula is CeEuLaNdPrYb. The summed E-state index contributed by atoms with van der Waals surface area (Å²) in [5, 5.41) is 0. The van der Waals surface area contributed by atoms with Crippen LogP contribution in [0.1, 0.15) is 0 Å². The van der Waals surface area contributed by atoms with E-state index in [-0.39, 0.29) is 256 Å². The van der Waals surface area contributed by atoms with Crippen LogP contribution >= 0.6 is 0 Å². The number of hydrogen-bond acceptors (Lipinski definition) is 0. The van der Waals surface area contributed by atoms with Crippen LogP contribution in [-0.2, 0) is 0 Å². The second-order valence-electron chi connectivity index (χ2n) is 0. The van der Waals surface area contributed by atoms with Crippen LogP contribution in [0.4, 0.5) is 0 Å². The van der Waals surface area contributed by atoms with Gasteiger partial charge in [-0.3, -0.25) is 0 Å². The number of rotatable bonds is 0. The second-order valence-corrected chi connectivity index (χ2v) is 0. The average Bonchev–Trinajstić information content (AvgIpc) is 0. The average molecular weight is 889 g/mol. The fourth-order valence-corrected chi connectivity index (χ4v) is 0. The Morgan fingerprint density at radius 2 is 1.00 bits per heavy atom. The van der Waals surface area contributed by atoms with E-state index in [2.05, 4.69) is 0 Å². The summed E-state index contributed by atoms with van der Waals surface area (Å²) >= 11 is 0. The third-order valence-corrected chi connectivity index (χ3v) is 0. The molecule has 0 N–H and O–H groups in total. The Bertz CT molecular complexity index is 15.5. The molecule has 3 radical (unpaired) electrons. The quantitative estimate of drug-likeness (QED) is 0.322. The van der Waals surface area contributed by atoms with Crippen molar-refractivity contribution in [1.82, 2.24) is 0 Å². The van der Waals surface area contributed by atoms with Crippen molar-refractivity contribution in [2.75, 3.05) is 0 Å². The predicted molar refractivity (Wildman–Crippen MR) is 0 cm³/mol. The topological polar surface area (TPSA) is 0 Å². The van der Waals surface area contributed by atoms with Gasteiger partial charge < -0.3 is 0 Å². The van der Waals surface area contributed by atoms with Crippen LogP contribution in [0, 0.1) is 256 Å². The largest absolute Gasteiger partial charge is 0 e. The molecule has 0 aliphatic carbocycles. The number of hydrogen-bond donors (Lipinski definition) is 0. The van der Waals surface area contributed by atoms with Gasteiger partial charge in [0.1, 0.15) is 0 Å². The molecule has 0 atom stereocenters. The maximum Gasteiger partial charge on any atom is 0 e. The molecule has 35 valence electrons. The molecule has 0 aromatic rings. The van der Waals surface area contributed by atoms with Crippen molar-refractivity contribution in [1.29, 1.82) is 0 Å². The van der Waals surface area contributed by atoms with Crippen molar-refractivity contribution in [3.63, 3.8) is 0 Å². The van der Waals surface area contributed by atoms with Crippen molar-refractivity contribution in [3.8, 4) is 0 Å². The standard InChI is InChI=1S/Ce.Eu.La.Nd.Pr.Yb. The van der Waals surface area contributed by atoms with Gasteiger partial charge in [-0.25, -0.2) is 0 Å². The molecule has 0 aromatic carbocycles. The molecule has 0 aliphatic heterocycles. The zero-order valence-corrected chi connectivity index (χ0v) is 20.6. The van der Waals surface area contributed by atoms with Gasteiger partial charge in [-0.2, -0.15) is 0 Å². The van der Waals surface area contributed by atoms with E-state index in [0.717, 1.165) is 0 Å². The van der Waals surface area contributed by atoms with Crippen molar-refractivity contribution < 1.29 is 256 Å². The monoisotopic (exact) mass is 888 g/mol. The molecule has 0 saturated heterocycles. The van der Waals surface area contributed by atoms with Crippen molar-refractivity contribution >= 4 is 0 Å². The van der Waals surface area contributed by atoms with Gasteiger partial charge in [0.25, 0.3) is 0 Å². The molecule has 0 bridgehead atoms. The van der Waals surface area contributed by atoms with Crippen LogP contribution in [0.2, 0.25) is 0 Å².